The minimum atomic E-state index is 0.921. The first-order valence-electron chi connectivity index (χ1n) is 18.8. The number of fused-ring (bicyclic) bond motifs is 11. The summed E-state index contributed by atoms with van der Waals surface area (Å²) in [6.07, 6.45) is 7.04. The number of thiophene rings is 1. The molecule has 2 aromatic heterocycles. The molecule has 12 rings (SSSR count). The van der Waals surface area contributed by atoms with Gasteiger partial charge in [-0.2, -0.15) is 0 Å². The third-order valence-electron chi connectivity index (χ3n) is 11.6. The van der Waals surface area contributed by atoms with Gasteiger partial charge in [0.05, 0.1) is 0 Å². The number of benzene rings is 9. The van der Waals surface area contributed by atoms with Gasteiger partial charge in [-0.1, -0.05) is 121 Å². The maximum Gasteiger partial charge on any atom is 0.143 e. The van der Waals surface area contributed by atoms with Crippen LogP contribution in [0.5, 0.6) is 0 Å². The second-order valence-electron chi connectivity index (χ2n) is 14.7. The summed E-state index contributed by atoms with van der Waals surface area (Å²) in [4.78, 5) is 0. The van der Waals surface area contributed by atoms with Crippen LogP contribution < -0.4 is 10.4 Å². The third kappa shape index (κ3) is 4.44. The van der Waals surface area contributed by atoms with Crippen LogP contribution in [0.3, 0.4) is 0 Å². The highest BCUT2D eigenvalue weighted by Gasteiger charge is 2.17. The standard InChI is InChI=1S/C52H32OS/c1-2-10-31(11-3-1)50-39-13-4-6-15-41(39)51(42-16-7-5-14-40(42)50)37-21-20-32-26-33(18-19-34(32)27-37)35-23-25-47-45(28-35)43-24-22-36-29-49-46(30-44(36)52(43)53-47)38-12-8-9-17-48(38)54-49/h1-4,6,8-30H,5,7H2. The molecule has 0 fully saturated rings. The molecule has 54 heavy (non-hydrogen) atoms. The Morgan fingerprint density at radius 1 is 0.370 bits per heavy atom. The molecule has 1 aliphatic rings. The Labute approximate surface area is 315 Å². The van der Waals surface area contributed by atoms with Gasteiger partial charge < -0.3 is 4.42 Å². The summed E-state index contributed by atoms with van der Waals surface area (Å²) in [5.74, 6) is 0. The number of hydrogen-bond donors (Lipinski definition) is 0. The maximum atomic E-state index is 6.62. The van der Waals surface area contributed by atoms with Crippen molar-refractivity contribution in [1.29, 1.82) is 0 Å². The molecule has 0 amide bonds. The Hall–Kier alpha value is -6.48. The van der Waals surface area contributed by atoms with Gasteiger partial charge >= 0.3 is 0 Å². The maximum absolute atomic E-state index is 6.62. The molecule has 1 aliphatic carbocycles. The van der Waals surface area contributed by atoms with Gasteiger partial charge in [0.25, 0.3) is 0 Å². The Kier molecular flexibility index (Phi) is 6.40. The van der Waals surface area contributed by atoms with Gasteiger partial charge in [0.1, 0.15) is 11.2 Å². The summed E-state index contributed by atoms with van der Waals surface area (Å²) in [5.41, 5.74) is 9.50. The Balaban J connectivity index is 0.979. The molecule has 0 saturated carbocycles. The zero-order valence-electron chi connectivity index (χ0n) is 29.4. The highest BCUT2D eigenvalue weighted by Crippen LogP contribution is 2.42. The summed E-state index contributed by atoms with van der Waals surface area (Å²) in [6.45, 7) is 0. The lowest BCUT2D eigenvalue weighted by molar-refractivity contribution is 0.673. The van der Waals surface area contributed by atoms with E-state index in [9.17, 15) is 0 Å². The summed E-state index contributed by atoms with van der Waals surface area (Å²) in [5, 5.41) is 15.1. The molecule has 9 aromatic carbocycles. The van der Waals surface area contributed by atoms with Gasteiger partial charge in [-0.3, -0.25) is 0 Å². The van der Waals surface area contributed by atoms with E-state index in [1.54, 1.807) is 0 Å². The van der Waals surface area contributed by atoms with Gasteiger partial charge in [-0.05, 0) is 132 Å². The average molecular weight is 705 g/mol. The molecule has 0 radical (unpaired) electrons. The lowest BCUT2D eigenvalue weighted by Gasteiger charge is -2.18. The molecule has 11 aromatic rings. The van der Waals surface area contributed by atoms with Gasteiger partial charge in [0.15, 0.2) is 0 Å². The van der Waals surface area contributed by atoms with Crippen LogP contribution in [0.15, 0.2) is 162 Å². The normalized spacial score (nSPS) is 13.0. The third-order valence-corrected chi connectivity index (χ3v) is 12.8. The fourth-order valence-electron chi connectivity index (χ4n) is 9.12. The molecule has 0 spiro atoms. The van der Waals surface area contributed by atoms with Crippen LogP contribution in [-0.2, 0) is 0 Å². The van der Waals surface area contributed by atoms with E-state index in [0.29, 0.717) is 0 Å². The van der Waals surface area contributed by atoms with Crippen LogP contribution in [0, 0.1) is 0 Å². The fraction of sp³-hybridized carbons (Fsp3) is 0.0385. The quantitative estimate of drug-likeness (QED) is 0.178. The molecule has 0 saturated heterocycles. The highest BCUT2D eigenvalue weighted by molar-refractivity contribution is 7.25. The van der Waals surface area contributed by atoms with Crippen molar-refractivity contribution in [1.82, 2.24) is 0 Å². The second-order valence-corrected chi connectivity index (χ2v) is 15.8. The van der Waals surface area contributed by atoms with E-state index in [0.717, 1.165) is 34.8 Å². The van der Waals surface area contributed by atoms with Crippen molar-refractivity contribution in [2.24, 2.45) is 0 Å². The van der Waals surface area contributed by atoms with Gasteiger partial charge in [0, 0.05) is 36.3 Å². The highest BCUT2D eigenvalue weighted by atomic mass is 32.1. The van der Waals surface area contributed by atoms with E-state index in [4.69, 9.17) is 4.42 Å². The Morgan fingerprint density at radius 3 is 1.80 bits per heavy atom. The SMILES string of the molecule is C1=c2c(-c3ccccc3)c3ccccc3c(-c3ccc4cc(-c5ccc6oc7c8cc9c(cc8ccc7c6c5)sc5ccccc59)ccc4c3)c2=CCC1. The van der Waals surface area contributed by atoms with Crippen molar-refractivity contribution >= 4 is 97.9 Å². The summed E-state index contributed by atoms with van der Waals surface area (Å²) in [6, 6.07) is 58.2. The van der Waals surface area contributed by atoms with Gasteiger partial charge in [-0.15, -0.1) is 11.3 Å². The van der Waals surface area contributed by atoms with Gasteiger partial charge in [0.2, 0.25) is 0 Å². The van der Waals surface area contributed by atoms with Crippen molar-refractivity contribution in [3.05, 3.63) is 168 Å². The van der Waals surface area contributed by atoms with E-state index < -0.39 is 0 Å². The molecule has 0 atom stereocenters. The summed E-state index contributed by atoms with van der Waals surface area (Å²) in [7, 11) is 0. The molecule has 0 bridgehead atoms. The van der Waals surface area contributed by atoms with Crippen LogP contribution >= 0.6 is 11.3 Å². The summed E-state index contributed by atoms with van der Waals surface area (Å²) >= 11 is 1.86. The number of hydrogen-bond acceptors (Lipinski definition) is 2. The second kappa shape index (κ2) is 11.5. The zero-order chi connectivity index (χ0) is 35.3. The van der Waals surface area contributed by atoms with E-state index >= 15 is 0 Å². The van der Waals surface area contributed by atoms with E-state index in [1.165, 1.54) is 96.3 Å². The van der Waals surface area contributed by atoms with Crippen LogP contribution in [0.4, 0.5) is 0 Å². The van der Waals surface area contributed by atoms with Crippen molar-refractivity contribution in [2.45, 2.75) is 12.8 Å². The molecule has 0 N–H and O–H groups in total. The molecule has 252 valence electrons. The van der Waals surface area contributed by atoms with Crippen LogP contribution in [-0.4, -0.2) is 0 Å². The van der Waals surface area contributed by atoms with Crippen molar-refractivity contribution in [3.8, 4) is 33.4 Å². The van der Waals surface area contributed by atoms with Crippen LogP contribution in [0.2, 0.25) is 0 Å². The lowest BCUT2D eigenvalue weighted by Crippen LogP contribution is -2.31. The van der Waals surface area contributed by atoms with E-state index in [1.807, 2.05) is 11.3 Å². The predicted octanol–water partition coefficient (Wildman–Crippen LogP) is 13.8. The molecule has 1 nitrogen and oxygen atoms in total. The molecule has 0 aliphatic heterocycles. The first-order chi connectivity index (χ1) is 26.7. The van der Waals surface area contributed by atoms with E-state index in [2.05, 4.69) is 170 Å². The molecular weight excluding hydrogens is 673 g/mol. The smallest absolute Gasteiger partial charge is 0.143 e. The lowest BCUT2D eigenvalue weighted by atomic mass is 9.86. The van der Waals surface area contributed by atoms with Crippen LogP contribution in [0.1, 0.15) is 12.8 Å². The number of rotatable bonds is 3. The fourth-order valence-corrected chi connectivity index (χ4v) is 10.3. The molecule has 2 heteroatoms. The predicted molar refractivity (Wildman–Crippen MR) is 233 cm³/mol. The topological polar surface area (TPSA) is 13.1 Å². The van der Waals surface area contributed by atoms with Crippen molar-refractivity contribution in [2.75, 3.05) is 0 Å². The van der Waals surface area contributed by atoms with Crippen LogP contribution in [0.25, 0.3) is 120 Å². The zero-order valence-corrected chi connectivity index (χ0v) is 30.2. The van der Waals surface area contributed by atoms with Crippen molar-refractivity contribution < 1.29 is 4.42 Å². The first kappa shape index (κ1) is 30.0. The van der Waals surface area contributed by atoms with Crippen molar-refractivity contribution in [3.63, 3.8) is 0 Å². The molecular formula is C52H32OS. The number of furan rings is 1. The van der Waals surface area contributed by atoms with Gasteiger partial charge in [-0.25, -0.2) is 0 Å². The first-order valence-corrected chi connectivity index (χ1v) is 19.6. The Morgan fingerprint density at radius 2 is 1.00 bits per heavy atom. The monoisotopic (exact) mass is 704 g/mol. The largest absolute Gasteiger partial charge is 0.455 e. The molecule has 0 unspecified atom stereocenters. The molecule has 2 heterocycles. The minimum Gasteiger partial charge on any atom is -0.455 e. The summed E-state index contributed by atoms with van der Waals surface area (Å²) < 4.78 is 9.26. The van der Waals surface area contributed by atoms with E-state index in [-0.39, 0.29) is 0 Å². The Bertz CT molecular complexity index is 3490. The minimum absolute atomic E-state index is 0.921. The average Bonchev–Trinajstić information content (AvgIpc) is 3.79.